The van der Waals surface area contributed by atoms with E-state index in [1.165, 1.54) is 12.1 Å². The van der Waals surface area contributed by atoms with Gasteiger partial charge in [0.1, 0.15) is 5.75 Å². The summed E-state index contributed by atoms with van der Waals surface area (Å²) in [4.78, 5) is 11.7. The molecule has 1 amide bonds. The molecule has 0 aliphatic heterocycles. The Balaban J connectivity index is 2.34. The summed E-state index contributed by atoms with van der Waals surface area (Å²) in [6.07, 6.45) is -4.12. The summed E-state index contributed by atoms with van der Waals surface area (Å²) in [5, 5.41) is 2.63. The first kappa shape index (κ1) is 17.3. The van der Waals surface area contributed by atoms with Crippen LogP contribution >= 0.6 is 0 Å². The molecule has 0 saturated carbocycles. The molecule has 1 aromatic carbocycles. The number of carbonyl (C=O) groups excluding carboxylic acids is 1. The SMILES string of the molecule is NCCOCCCNC(=O)c1ccc(OC(F)(F)F)cc1. The molecule has 1 rings (SSSR count). The third-order valence-corrected chi connectivity index (χ3v) is 2.36. The van der Waals surface area contributed by atoms with Crippen LogP contribution in [0.25, 0.3) is 0 Å². The van der Waals surface area contributed by atoms with Gasteiger partial charge in [-0.3, -0.25) is 4.79 Å². The summed E-state index contributed by atoms with van der Waals surface area (Å²) in [5.74, 6) is -0.735. The lowest BCUT2D eigenvalue weighted by Crippen LogP contribution is -2.25. The van der Waals surface area contributed by atoms with Gasteiger partial charge in [-0.15, -0.1) is 13.2 Å². The number of halogens is 3. The Morgan fingerprint density at radius 3 is 2.43 bits per heavy atom. The summed E-state index contributed by atoms with van der Waals surface area (Å²) >= 11 is 0. The number of hydrogen-bond acceptors (Lipinski definition) is 4. The number of amides is 1. The Morgan fingerprint density at radius 2 is 1.86 bits per heavy atom. The Morgan fingerprint density at radius 1 is 1.19 bits per heavy atom. The van der Waals surface area contributed by atoms with Crippen LogP contribution in [-0.4, -0.2) is 38.6 Å². The standard InChI is InChI=1S/C13H17F3N2O3/c14-13(15,16)21-11-4-2-10(3-5-11)12(19)18-7-1-8-20-9-6-17/h2-5H,1,6-9,17H2,(H,18,19). The second kappa shape index (κ2) is 8.48. The van der Waals surface area contributed by atoms with Crippen molar-refractivity contribution >= 4 is 5.91 Å². The van der Waals surface area contributed by atoms with Crippen LogP contribution < -0.4 is 15.8 Å². The van der Waals surface area contributed by atoms with E-state index in [9.17, 15) is 18.0 Å². The number of nitrogens with one attached hydrogen (secondary N) is 1. The molecule has 1 aromatic rings. The quantitative estimate of drug-likeness (QED) is 0.717. The van der Waals surface area contributed by atoms with Crippen LogP contribution in [-0.2, 0) is 4.74 Å². The highest BCUT2D eigenvalue weighted by Gasteiger charge is 2.31. The minimum absolute atomic E-state index is 0.257. The Labute approximate surface area is 120 Å². The molecule has 0 aromatic heterocycles. The van der Waals surface area contributed by atoms with E-state index in [2.05, 4.69) is 10.1 Å². The lowest BCUT2D eigenvalue weighted by Gasteiger charge is -2.09. The van der Waals surface area contributed by atoms with Gasteiger partial charge in [0.2, 0.25) is 0 Å². The van der Waals surface area contributed by atoms with Crippen molar-refractivity contribution in [1.82, 2.24) is 5.32 Å². The normalized spacial score (nSPS) is 11.2. The van der Waals surface area contributed by atoms with E-state index in [1.807, 2.05) is 0 Å². The average molecular weight is 306 g/mol. The molecule has 3 N–H and O–H groups in total. The van der Waals surface area contributed by atoms with Crippen molar-refractivity contribution < 1.29 is 27.4 Å². The fraction of sp³-hybridized carbons (Fsp3) is 0.462. The highest BCUT2D eigenvalue weighted by molar-refractivity contribution is 5.94. The number of alkyl halides is 3. The molecular weight excluding hydrogens is 289 g/mol. The first-order valence-corrected chi connectivity index (χ1v) is 6.34. The molecule has 21 heavy (non-hydrogen) atoms. The monoisotopic (exact) mass is 306 g/mol. The summed E-state index contributed by atoms with van der Waals surface area (Å²) in [6, 6.07) is 4.71. The summed E-state index contributed by atoms with van der Waals surface area (Å²) in [7, 11) is 0. The van der Waals surface area contributed by atoms with E-state index < -0.39 is 6.36 Å². The molecule has 5 nitrogen and oxygen atoms in total. The maximum absolute atomic E-state index is 12.0. The lowest BCUT2D eigenvalue weighted by atomic mass is 10.2. The fourth-order valence-electron chi connectivity index (χ4n) is 1.47. The van der Waals surface area contributed by atoms with Gasteiger partial charge in [-0.05, 0) is 30.7 Å². The third-order valence-electron chi connectivity index (χ3n) is 2.36. The Hall–Kier alpha value is -1.80. The number of nitrogens with two attached hydrogens (primary N) is 1. The molecule has 0 radical (unpaired) electrons. The molecule has 0 heterocycles. The van der Waals surface area contributed by atoms with E-state index in [0.717, 1.165) is 12.1 Å². The molecule has 0 bridgehead atoms. The maximum Gasteiger partial charge on any atom is 0.573 e. The average Bonchev–Trinajstić information content (AvgIpc) is 2.41. The number of carbonyl (C=O) groups is 1. The molecule has 118 valence electrons. The molecular formula is C13H17F3N2O3. The predicted molar refractivity (Wildman–Crippen MR) is 69.9 cm³/mol. The van der Waals surface area contributed by atoms with Gasteiger partial charge >= 0.3 is 6.36 Å². The van der Waals surface area contributed by atoms with E-state index in [1.54, 1.807) is 0 Å². The van der Waals surface area contributed by atoms with E-state index in [0.29, 0.717) is 32.7 Å². The summed E-state index contributed by atoms with van der Waals surface area (Å²) < 4.78 is 44.8. The zero-order valence-corrected chi connectivity index (χ0v) is 11.3. The maximum atomic E-state index is 12.0. The highest BCUT2D eigenvalue weighted by atomic mass is 19.4. The molecule has 8 heteroatoms. The van der Waals surface area contributed by atoms with Crippen molar-refractivity contribution in [1.29, 1.82) is 0 Å². The smallest absolute Gasteiger partial charge is 0.406 e. The van der Waals surface area contributed by atoms with Gasteiger partial charge in [-0.2, -0.15) is 0 Å². The van der Waals surface area contributed by atoms with Crippen LogP contribution in [0.1, 0.15) is 16.8 Å². The van der Waals surface area contributed by atoms with Gasteiger partial charge < -0.3 is 20.5 Å². The predicted octanol–water partition coefficient (Wildman–Crippen LogP) is 1.68. The first-order valence-electron chi connectivity index (χ1n) is 6.34. The van der Waals surface area contributed by atoms with Crippen LogP contribution in [0.5, 0.6) is 5.75 Å². The van der Waals surface area contributed by atoms with Crippen molar-refractivity contribution in [2.45, 2.75) is 12.8 Å². The summed E-state index contributed by atoms with van der Waals surface area (Å²) in [6.45, 7) is 1.80. The molecule has 0 fully saturated rings. The van der Waals surface area contributed by atoms with Gasteiger partial charge in [-0.1, -0.05) is 0 Å². The first-order chi connectivity index (χ1) is 9.92. The van der Waals surface area contributed by atoms with Crippen LogP contribution in [0.15, 0.2) is 24.3 Å². The number of rotatable bonds is 8. The molecule has 0 spiro atoms. The largest absolute Gasteiger partial charge is 0.573 e. The van der Waals surface area contributed by atoms with E-state index in [-0.39, 0.29) is 17.2 Å². The number of hydrogen-bond donors (Lipinski definition) is 2. The van der Waals surface area contributed by atoms with E-state index >= 15 is 0 Å². The van der Waals surface area contributed by atoms with Crippen molar-refractivity contribution in [3.63, 3.8) is 0 Å². The second-order valence-corrected chi connectivity index (χ2v) is 4.08. The minimum Gasteiger partial charge on any atom is -0.406 e. The Bertz CT molecular complexity index is 435. The highest BCUT2D eigenvalue weighted by Crippen LogP contribution is 2.22. The van der Waals surface area contributed by atoms with Crippen LogP contribution in [0.2, 0.25) is 0 Å². The number of ether oxygens (including phenoxy) is 2. The molecule has 0 unspecified atom stereocenters. The van der Waals surface area contributed by atoms with Gasteiger partial charge in [-0.25, -0.2) is 0 Å². The zero-order valence-electron chi connectivity index (χ0n) is 11.3. The topological polar surface area (TPSA) is 73.6 Å². The molecule has 0 aliphatic carbocycles. The van der Waals surface area contributed by atoms with Crippen molar-refractivity contribution in [3.8, 4) is 5.75 Å². The Kier molecular flexibility index (Phi) is 6.97. The zero-order chi connectivity index (χ0) is 15.7. The van der Waals surface area contributed by atoms with Crippen LogP contribution in [0.4, 0.5) is 13.2 Å². The molecule has 0 aliphatic rings. The molecule has 0 saturated heterocycles. The van der Waals surface area contributed by atoms with Gasteiger partial charge in [0, 0.05) is 25.3 Å². The van der Waals surface area contributed by atoms with Crippen molar-refractivity contribution in [2.75, 3.05) is 26.3 Å². The van der Waals surface area contributed by atoms with Crippen molar-refractivity contribution in [3.05, 3.63) is 29.8 Å². The third kappa shape index (κ3) is 7.52. The number of benzene rings is 1. The van der Waals surface area contributed by atoms with E-state index in [4.69, 9.17) is 10.5 Å². The minimum atomic E-state index is -4.74. The molecule has 0 atom stereocenters. The van der Waals surface area contributed by atoms with Crippen LogP contribution in [0, 0.1) is 0 Å². The summed E-state index contributed by atoms with van der Waals surface area (Å²) in [5.41, 5.74) is 5.50. The lowest BCUT2D eigenvalue weighted by molar-refractivity contribution is -0.274. The van der Waals surface area contributed by atoms with Crippen molar-refractivity contribution in [2.24, 2.45) is 5.73 Å². The van der Waals surface area contributed by atoms with Gasteiger partial charge in [0.25, 0.3) is 5.91 Å². The fourth-order valence-corrected chi connectivity index (χ4v) is 1.47. The van der Waals surface area contributed by atoms with Crippen LogP contribution in [0.3, 0.4) is 0 Å². The van der Waals surface area contributed by atoms with Gasteiger partial charge in [0.15, 0.2) is 0 Å². The second-order valence-electron chi connectivity index (χ2n) is 4.08. The van der Waals surface area contributed by atoms with Gasteiger partial charge in [0.05, 0.1) is 6.61 Å².